The van der Waals surface area contributed by atoms with Crippen LogP contribution in [0, 0.1) is 13.8 Å². The maximum absolute atomic E-state index is 12.1. The minimum Gasteiger partial charge on any atom is -0.449 e. The first kappa shape index (κ1) is 20.6. The Balaban J connectivity index is 1.84. The van der Waals surface area contributed by atoms with E-state index in [2.05, 4.69) is 26.6 Å². The van der Waals surface area contributed by atoms with E-state index >= 15 is 0 Å². The fraction of sp³-hybridized carbons (Fsp3) is 0.250. The maximum Gasteiger partial charge on any atom is 0.338 e. The van der Waals surface area contributed by atoms with Crippen molar-refractivity contribution in [2.75, 3.05) is 11.9 Å². The number of benzene rings is 2. The summed E-state index contributed by atoms with van der Waals surface area (Å²) in [7, 11) is 0. The number of amides is 2. The van der Waals surface area contributed by atoms with E-state index in [1.165, 1.54) is 6.92 Å². The minimum absolute atomic E-state index is 0.215. The van der Waals surface area contributed by atoms with Crippen LogP contribution in [0.2, 0.25) is 0 Å². The minimum atomic E-state index is -1.02. The standard InChI is InChI=1S/C20H21BrN2O4/c1-12-5-4-6-13(2)18(12)23-17(24)11-22-19(25)14(3)27-20(26)15-7-9-16(21)10-8-15/h4-10,14H,11H2,1-3H3,(H,22,25)(H,23,24). The third kappa shape index (κ3) is 5.92. The van der Waals surface area contributed by atoms with Crippen molar-refractivity contribution in [3.8, 4) is 0 Å². The van der Waals surface area contributed by atoms with Gasteiger partial charge in [-0.25, -0.2) is 4.79 Å². The van der Waals surface area contributed by atoms with Gasteiger partial charge in [-0.2, -0.15) is 0 Å². The molecule has 0 aliphatic carbocycles. The summed E-state index contributed by atoms with van der Waals surface area (Å²) in [5.41, 5.74) is 2.94. The number of ether oxygens (including phenoxy) is 1. The molecule has 6 nitrogen and oxygen atoms in total. The number of anilines is 1. The van der Waals surface area contributed by atoms with Crippen LogP contribution >= 0.6 is 15.9 Å². The lowest BCUT2D eigenvalue weighted by Gasteiger charge is -2.15. The van der Waals surface area contributed by atoms with Gasteiger partial charge in [-0.3, -0.25) is 9.59 Å². The van der Waals surface area contributed by atoms with Crippen molar-refractivity contribution in [1.29, 1.82) is 0 Å². The third-order valence-corrected chi connectivity index (χ3v) is 4.43. The Morgan fingerprint density at radius 2 is 1.63 bits per heavy atom. The molecule has 1 atom stereocenters. The summed E-state index contributed by atoms with van der Waals surface area (Å²) in [4.78, 5) is 36.2. The van der Waals surface area contributed by atoms with E-state index in [1.807, 2.05) is 32.0 Å². The van der Waals surface area contributed by atoms with Crippen LogP contribution in [0.5, 0.6) is 0 Å². The van der Waals surface area contributed by atoms with Crippen molar-refractivity contribution in [3.05, 3.63) is 63.6 Å². The van der Waals surface area contributed by atoms with Gasteiger partial charge in [-0.05, 0) is 56.2 Å². The highest BCUT2D eigenvalue weighted by Crippen LogP contribution is 2.19. The second-order valence-electron chi connectivity index (χ2n) is 6.09. The number of hydrogen-bond donors (Lipinski definition) is 2. The second kappa shape index (κ2) is 9.32. The van der Waals surface area contributed by atoms with Crippen LogP contribution in [0.25, 0.3) is 0 Å². The zero-order chi connectivity index (χ0) is 20.0. The highest BCUT2D eigenvalue weighted by atomic mass is 79.9. The summed E-state index contributed by atoms with van der Waals surface area (Å²) in [5, 5.41) is 5.25. The lowest BCUT2D eigenvalue weighted by atomic mass is 10.1. The zero-order valence-electron chi connectivity index (χ0n) is 15.3. The lowest BCUT2D eigenvalue weighted by Crippen LogP contribution is -2.40. The summed E-state index contributed by atoms with van der Waals surface area (Å²) < 4.78 is 5.96. The largest absolute Gasteiger partial charge is 0.449 e. The number of aryl methyl sites for hydroxylation is 2. The highest BCUT2D eigenvalue weighted by Gasteiger charge is 2.19. The van der Waals surface area contributed by atoms with Gasteiger partial charge >= 0.3 is 5.97 Å². The third-order valence-electron chi connectivity index (χ3n) is 3.90. The van der Waals surface area contributed by atoms with Crippen LogP contribution in [-0.4, -0.2) is 30.4 Å². The Labute approximate surface area is 166 Å². The van der Waals surface area contributed by atoms with Crippen LogP contribution in [0.4, 0.5) is 5.69 Å². The number of halogens is 1. The van der Waals surface area contributed by atoms with Gasteiger partial charge in [0.25, 0.3) is 5.91 Å². The molecule has 0 heterocycles. The molecule has 142 valence electrons. The normalized spacial score (nSPS) is 11.4. The first-order valence-electron chi connectivity index (χ1n) is 8.38. The molecule has 2 aromatic carbocycles. The van der Waals surface area contributed by atoms with Crippen LogP contribution in [0.3, 0.4) is 0 Å². The van der Waals surface area contributed by atoms with Crippen molar-refractivity contribution in [1.82, 2.24) is 5.32 Å². The molecule has 0 fully saturated rings. The average molecular weight is 433 g/mol. The van der Waals surface area contributed by atoms with Gasteiger partial charge in [0.05, 0.1) is 12.1 Å². The van der Waals surface area contributed by atoms with Gasteiger partial charge in [-0.1, -0.05) is 34.1 Å². The lowest BCUT2D eigenvalue weighted by molar-refractivity contribution is -0.130. The monoisotopic (exact) mass is 432 g/mol. The van der Waals surface area contributed by atoms with E-state index in [4.69, 9.17) is 4.74 Å². The molecule has 2 amide bonds. The van der Waals surface area contributed by atoms with Gasteiger partial charge in [0.1, 0.15) is 0 Å². The quantitative estimate of drug-likeness (QED) is 0.685. The number of carbonyl (C=O) groups excluding carboxylic acids is 3. The fourth-order valence-corrected chi connectivity index (χ4v) is 2.64. The second-order valence-corrected chi connectivity index (χ2v) is 7.00. The van der Waals surface area contributed by atoms with Gasteiger partial charge in [0.2, 0.25) is 5.91 Å². The molecule has 2 N–H and O–H groups in total. The smallest absolute Gasteiger partial charge is 0.338 e. The molecule has 0 aliphatic heterocycles. The highest BCUT2D eigenvalue weighted by molar-refractivity contribution is 9.10. The molecule has 0 spiro atoms. The zero-order valence-corrected chi connectivity index (χ0v) is 16.9. The number of rotatable bonds is 6. The summed E-state index contributed by atoms with van der Waals surface area (Å²) in [6.45, 7) is 5.03. The van der Waals surface area contributed by atoms with Crippen molar-refractivity contribution in [2.45, 2.75) is 26.9 Å². The first-order chi connectivity index (χ1) is 12.8. The Morgan fingerprint density at radius 3 is 2.22 bits per heavy atom. The number of esters is 1. The molecule has 0 saturated heterocycles. The van der Waals surface area contributed by atoms with E-state index in [9.17, 15) is 14.4 Å². The summed E-state index contributed by atoms with van der Waals surface area (Å²) in [5.74, 6) is -1.51. The van der Waals surface area contributed by atoms with Crippen molar-refractivity contribution in [3.63, 3.8) is 0 Å². The van der Waals surface area contributed by atoms with Crippen molar-refractivity contribution in [2.24, 2.45) is 0 Å². The van der Waals surface area contributed by atoms with E-state index < -0.39 is 18.0 Å². The van der Waals surface area contributed by atoms with Crippen molar-refractivity contribution >= 4 is 39.4 Å². The molecule has 0 aliphatic rings. The van der Waals surface area contributed by atoms with Crippen molar-refractivity contribution < 1.29 is 19.1 Å². The average Bonchev–Trinajstić information content (AvgIpc) is 2.63. The van der Waals surface area contributed by atoms with Gasteiger partial charge in [-0.15, -0.1) is 0 Å². The summed E-state index contributed by atoms with van der Waals surface area (Å²) in [6.07, 6.45) is -1.02. The number of hydrogen-bond acceptors (Lipinski definition) is 4. The van der Waals surface area contributed by atoms with Gasteiger partial charge in [0.15, 0.2) is 6.10 Å². The molecule has 0 aromatic heterocycles. The first-order valence-corrected chi connectivity index (χ1v) is 9.17. The molecular weight excluding hydrogens is 412 g/mol. The molecule has 0 saturated carbocycles. The SMILES string of the molecule is Cc1cccc(C)c1NC(=O)CNC(=O)C(C)OC(=O)c1ccc(Br)cc1. The Bertz CT molecular complexity index is 829. The molecule has 27 heavy (non-hydrogen) atoms. The van der Waals surface area contributed by atoms with E-state index in [1.54, 1.807) is 24.3 Å². The maximum atomic E-state index is 12.1. The molecule has 1 unspecified atom stereocenters. The van der Waals surface area contributed by atoms with E-state index in [-0.39, 0.29) is 12.5 Å². The molecule has 2 rings (SSSR count). The predicted octanol–water partition coefficient (Wildman–Crippen LogP) is 3.37. The Hall–Kier alpha value is -2.67. The van der Waals surface area contributed by atoms with E-state index in [0.717, 1.165) is 21.3 Å². The van der Waals surface area contributed by atoms with Gasteiger partial charge in [0, 0.05) is 10.2 Å². The topological polar surface area (TPSA) is 84.5 Å². The molecule has 0 radical (unpaired) electrons. The van der Waals surface area contributed by atoms with Crippen LogP contribution < -0.4 is 10.6 Å². The Kier molecular flexibility index (Phi) is 7.12. The van der Waals surface area contributed by atoms with Crippen LogP contribution in [-0.2, 0) is 14.3 Å². The number of nitrogens with one attached hydrogen (secondary N) is 2. The fourth-order valence-electron chi connectivity index (χ4n) is 2.37. The number of carbonyl (C=O) groups is 3. The number of para-hydroxylation sites is 1. The van der Waals surface area contributed by atoms with Crippen LogP contribution in [0.1, 0.15) is 28.4 Å². The van der Waals surface area contributed by atoms with Crippen LogP contribution in [0.15, 0.2) is 46.9 Å². The molecule has 2 aromatic rings. The molecule has 7 heteroatoms. The summed E-state index contributed by atoms with van der Waals surface area (Å²) in [6, 6.07) is 12.3. The Morgan fingerprint density at radius 1 is 1.04 bits per heavy atom. The summed E-state index contributed by atoms with van der Waals surface area (Å²) >= 11 is 3.28. The molecule has 0 bridgehead atoms. The van der Waals surface area contributed by atoms with E-state index in [0.29, 0.717) is 5.56 Å². The molecular formula is C20H21BrN2O4. The predicted molar refractivity (Wildman–Crippen MR) is 107 cm³/mol. The van der Waals surface area contributed by atoms with Gasteiger partial charge < -0.3 is 15.4 Å².